The number of anilines is 1. The van der Waals surface area contributed by atoms with Gasteiger partial charge in [0.15, 0.2) is 0 Å². The highest BCUT2D eigenvalue weighted by molar-refractivity contribution is 5.54. The van der Waals surface area contributed by atoms with Gasteiger partial charge in [0.1, 0.15) is 5.82 Å². The van der Waals surface area contributed by atoms with E-state index >= 15 is 0 Å². The Morgan fingerprint density at radius 1 is 1.44 bits per heavy atom. The fourth-order valence-corrected chi connectivity index (χ4v) is 1.80. The highest BCUT2D eigenvalue weighted by atomic mass is 19.1. The van der Waals surface area contributed by atoms with Gasteiger partial charge in [-0.15, -0.1) is 0 Å². The topological polar surface area (TPSA) is 35.5 Å². The molecule has 3 nitrogen and oxygen atoms in total. The van der Waals surface area contributed by atoms with Crippen LogP contribution in [0.4, 0.5) is 10.1 Å². The summed E-state index contributed by atoms with van der Waals surface area (Å²) in [5.41, 5.74) is 1.49. The Labute approximate surface area is 109 Å². The molecule has 0 radical (unpaired) electrons. The molecule has 0 saturated heterocycles. The molecular weight excluding hydrogens is 231 g/mol. The van der Waals surface area contributed by atoms with E-state index in [9.17, 15) is 9.50 Å². The lowest BCUT2D eigenvalue weighted by atomic mass is 10.1. The van der Waals surface area contributed by atoms with Gasteiger partial charge in [-0.25, -0.2) is 4.39 Å². The van der Waals surface area contributed by atoms with E-state index < -0.39 is 0 Å². The van der Waals surface area contributed by atoms with Crippen molar-refractivity contribution in [3.8, 4) is 0 Å². The summed E-state index contributed by atoms with van der Waals surface area (Å²) in [6.07, 6.45) is 1.02. The van der Waals surface area contributed by atoms with Crippen LogP contribution in [0.25, 0.3) is 0 Å². The zero-order chi connectivity index (χ0) is 13.5. The summed E-state index contributed by atoms with van der Waals surface area (Å²) in [6, 6.07) is 5.04. The molecule has 0 aliphatic carbocycles. The zero-order valence-corrected chi connectivity index (χ0v) is 11.4. The second-order valence-electron chi connectivity index (χ2n) is 4.56. The number of aliphatic hydroxyl groups is 1. The maximum absolute atomic E-state index is 13.9. The Balaban J connectivity index is 2.92. The summed E-state index contributed by atoms with van der Waals surface area (Å²) >= 11 is 0. The summed E-state index contributed by atoms with van der Waals surface area (Å²) in [5.74, 6) is -0.201. The smallest absolute Gasteiger partial charge is 0.129 e. The van der Waals surface area contributed by atoms with E-state index in [0.29, 0.717) is 12.1 Å². The van der Waals surface area contributed by atoms with Crippen molar-refractivity contribution in [2.75, 3.05) is 25.1 Å². The van der Waals surface area contributed by atoms with E-state index in [2.05, 4.69) is 12.2 Å². The van der Waals surface area contributed by atoms with Crippen LogP contribution in [0.3, 0.4) is 0 Å². The van der Waals surface area contributed by atoms with Crippen LogP contribution < -0.4 is 10.2 Å². The Kier molecular flexibility index (Phi) is 6.09. The van der Waals surface area contributed by atoms with Gasteiger partial charge in [0, 0.05) is 30.9 Å². The first kappa shape index (κ1) is 14.9. The van der Waals surface area contributed by atoms with Gasteiger partial charge in [-0.3, -0.25) is 0 Å². The fraction of sp³-hybridized carbons (Fsp3) is 0.571. The zero-order valence-electron chi connectivity index (χ0n) is 11.4. The average molecular weight is 254 g/mol. The molecule has 4 heteroatoms. The minimum Gasteiger partial charge on any atom is -0.394 e. The van der Waals surface area contributed by atoms with Crippen LogP contribution in [0.1, 0.15) is 25.8 Å². The number of nitrogens with zero attached hydrogens (tertiary/aromatic N) is 1. The lowest BCUT2D eigenvalue weighted by Gasteiger charge is -2.28. The molecule has 0 amide bonds. The Bertz CT molecular complexity index is 371. The van der Waals surface area contributed by atoms with Crippen LogP contribution >= 0.6 is 0 Å². The van der Waals surface area contributed by atoms with Gasteiger partial charge < -0.3 is 15.3 Å². The third-order valence-corrected chi connectivity index (χ3v) is 3.13. The molecule has 1 unspecified atom stereocenters. The van der Waals surface area contributed by atoms with Gasteiger partial charge in [0.05, 0.1) is 6.61 Å². The van der Waals surface area contributed by atoms with Crippen molar-refractivity contribution in [1.29, 1.82) is 0 Å². The molecule has 0 fully saturated rings. The first-order valence-corrected chi connectivity index (χ1v) is 6.43. The SMILES string of the molecule is CCCNCc1c(F)cccc1N(C)C(C)CO. The largest absolute Gasteiger partial charge is 0.394 e. The van der Waals surface area contributed by atoms with Gasteiger partial charge in [-0.2, -0.15) is 0 Å². The standard InChI is InChI=1S/C14H23FN2O/c1-4-8-16-9-12-13(15)6-5-7-14(12)17(3)11(2)10-18/h5-7,11,16,18H,4,8-10H2,1-3H3. The number of likely N-dealkylation sites (N-methyl/N-ethyl adjacent to an activating group) is 1. The molecule has 0 bridgehead atoms. The van der Waals surface area contributed by atoms with Crippen LogP contribution in [0.2, 0.25) is 0 Å². The molecule has 18 heavy (non-hydrogen) atoms. The Hall–Kier alpha value is -1.13. The van der Waals surface area contributed by atoms with Gasteiger partial charge in [0.2, 0.25) is 0 Å². The number of benzene rings is 1. The summed E-state index contributed by atoms with van der Waals surface area (Å²) in [6.45, 7) is 5.42. The number of nitrogens with one attached hydrogen (secondary N) is 1. The predicted octanol–water partition coefficient (Wildman–Crippen LogP) is 2.14. The van der Waals surface area contributed by atoms with E-state index in [1.165, 1.54) is 6.07 Å². The van der Waals surface area contributed by atoms with E-state index in [-0.39, 0.29) is 18.5 Å². The van der Waals surface area contributed by atoms with E-state index in [4.69, 9.17) is 0 Å². The number of hydrogen-bond acceptors (Lipinski definition) is 3. The van der Waals surface area contributed by atoms with Crippen molar-refractivity contribution in [1.82, 2.24) is 5.32 Å². The minimum absolute atomic E-state index is 0.0308. The van der Waals surface area contributed by atoms with Gasteiger partial charge >= 0.3 is 0 Å². The van der Waals surface area contributed by atoms with Gasteiger partial charge in [0.25, 0.3) is 0 Å². The summed E-state index contributed by atoms with van der Waals surface area (Å²) in [4.78, 5) is 1.91. The molecule has 0 aliphatic rings. The summed E-state index contributed by atoms with van der Waals surface area (Å²) in [5, 5.41) is 12.4. The normalized spacial score (nSPS) is 12.5. The monoisotopic (exact) mass is 254 g/mol. The predicted molar refractivity (Wildman–Crippen MR) is 73.3 cm³/mol. The maximum atomic E-state index is 13.9. The van der Waals surface area contributed by atoms with E-state index in [0.717, 1.165) is 18.7 Å². The molecule has 1 aromatic carbocycles. The molecule has 0 heterocycles. The van der Waals surface area contributed by atoms with Crippen LogP contribution in [0.5, 0.6) is 0 Å². The maximum Gasteiger partial charge on any atom is 0.129 e. The molecule has 0 aromatic heterocycles. The first-order valence-electron chi connectivity index (χ1n) is 6.43. The third-order valence-electron chi connectivity index (χ3n) is 3.13. The molecule has 1 atom stereocenters. The van der Waals surface area contributed by atoms with Crippen LogP contribution in [0, 0.1) is 5.82 Å². The summed E-state index contributed by atoms with van der Waals surface area (Å²) in [7, 11) is 1.87. The van der Waals surface area contributed by atoms with Crippen molar-refractivity contribution in [3.05, 3.63) is 29.6 Å². The molecule has 0 aliphatic heterocycles. The minimum atomic E-state index is -0.201. The van der Waals surface area contributed by atoms with Gasteiger partial charge in [-0.1, -0.05) is 13.0 Å². The second-order valence-corrected chi connectivity index (χ2v) is 4.56. The molecular formula is C14H23FN2O. The quantitative estimate of drug-likeness (QED) is 0.732. The molecule has 102 valence electrons. The molecule has 1 rings (SSSR count). The lowest BCUT2D eigenvalue weighted by molar-refractivity contribution is 0.270. The number of aliphatic hydroxyl groups excluding tert-OH is 1. The Morgan fingerprint density at radius 3 is 2.78 bits per heavy atom. The van der Waals surface area contributed by atoms with Gasteiger partial charge in [-0.05, 0) is 32.0 Å². The van der Waals surface area contributed by atoms with E-state index in [1.54, 1.807) is 6.07 Å². The van der Waals surface area contributed by atoms with Crippen molar-refractivity contribution in [2.45, 2.75) is 32.9 Å². The third kappa shape index (κ3) is 3.68. The van der Waals surface area contributed by atoms with Crippen molar-refractivity contribution >= 4 is 5.69 Å². The molecule has 1 aromatic rings. The highest BCUT2D eigenvalue weighted by Crippen LogP contribution is 2.23. The number of rotatable bonds is 7. The van der Waals surface area contributed by atoms with Crippen LogP contribution in [-0.2, 0) is 6.54 Å². The van der Waals surface area contributed by atoms with Crippen molar-refractivity contribution in [2.24, 2.45) is 0 Å². The highest BCUT2D eigenvalue weighted by Gasteiger charge is 2.15. The average Bonchev–Trinajstić information content (AvgIpc) is 2.39. The molecule has 0 spiro atoms. The molecule has 0 saturated carbocycles. The lowest BCUT2D eigenvalue weighted by Crippen LogP contribution is -2.33. The number of hydrogen-bond donors (Lipinski definition) is 2. The first-order chi connectivity index (χ1) is 8.61. The van der Waals surface area contributed by atoms with Crippen molar-refractivity contribution in [3.63, 3.8) is 0 Å². The van der Waals surface area contributed by atoms with Crippen molar-refractivity contribution < 1.29 is 9.50 Å². The second kappa shape index (κ2) is 7.34. The van der Waals surface area contributed by atoms with Crippen LogP contribution in [0.15, 0.2) is 18.2 Å². The van der Waals surface area contributed by atoms with E-state index in [1.807, 2.05) is 24.9 Å². The Morgan fingerprint density at radius 2 is 2.17 bits per heavy atom. The molecule has 2 N–H and O–H groups in total. The van der Waals surface area contributed by atoms with Crippen LogP contribution in [-0.4, -0.2) is 31.3 Å². The fourth-order valence-electron chi connectivity index (χ4n) is 1.80. The summed E-state index contributed by atoms with van der Waals surface area (Å²) < 4.78 is 13.9. The number of halogens is 1.